The Morgan fingerprint density at radius 1 is 1.17 bits per heavy atom. The Labute approximate surface area is 143 Å². The molecule has 0 amide bonds. The number of hydrogen-bond donors (Lipinski definition) is 1. The van der Waals surface area contributed by atoms with Gasteiger partial charge in [0.15, 0.2) is 0 Å². The molecule has 0 spiro atoms. The van der Waals surface area contributed by atoms with Crippen molar-refractivity contribution < 1.29 is 17.5 Å². The Bertz CT molecular complexity index is 792. The molecule has 4 nitrogen and oxygen atoms in total. The number of nitrogens with one attached hydrogen (secondary N) is 1. The van der Waals surface area contributed by atoms with Crippen LogP contribution in [-0.4, -0.2) is 15.5 Å². The van der Waals surface area contributed by atoms with Gasteiger partial charge in [0.1, 0.15) is 16.5 Å². The first-order valence-electron chi connectivity index (χ1n) is 6.98. The molecule has 0 saturated heterocycles. The van der Waals surface area contributed by atoms with E-state index >= 15 is 0 Å². The monoisotopic (exact) mass is 401 g/mol. The van der Waals surface area contributed by atoms with E-state index in [1.807, 2.05) is 6.92 Å². The van der Waals surface area contributed by atoms with E-state index in [1.165, 1.54) is 12.1 Å². The summed E-state index contributed by atoms with van der Waals surface area (Å²) in [6.45, 7) is 1.93. The van der Waals surface area contributed by atoms with Crippen LogP contribution in [0.25, 0.3) is 0 Å². The minimum atomic E-state index is -3.84. The molecule has 2 aromatic rings. The highest BCUT2D eigenvalue weighted by molar-refractivity contribution is 9.10. The smallest absolute Gasteiger partial charge is 0.242 e. The predicted octanol–water partition coefficient (Wildman–Crippen LogP) is 3.64. The van der Waals surface area contributed by atoms with Gasteiger partial charge in [0.2, 0.25) is 10.0 Å². The van der Waals surface area contributed by atoms with Crippen LogP contribution >= 0.6 is 15.9 Å². The molecule has 23 heavy (non-hydrogen) atoms. The van der Waals surface area contributed by atoms with E-state index in [0.29, 0.717) is 17.7 Å². The Balaban J connectivity index is 2.26. The number of halogens is 2. The van der Waals surface area contributed by atoms with Crippen LogP contribution in [0, 0.1) is 5.82 Å². The van der Waals surface area contributed by atoms with Crippen molar-refractivity contribution in [3.63, 3.8) is 0 Å². The largest absolute Gasteiger partial charge is 0.497 e. The molecule has 0 aromatic heterocycles. The predicted molar refractivity (Wildman–Crippen MR) is 90.5 cm³/mol. The Morgan fingerprint density at radius 3 is 2.39 bits per heavy atom. The van der Waals surface area contributed by atoms with Crippen molar-refractivity contribution in [3.05, 3.63) is 57.8 Å². The summed E-state index contributed by atoms with van der Waals surface area (Å²) in [6, 6.07) is 9.78. The third-order valence-electron chi connectivity index (χ3n) is 3.41. The summed E-state index contributed by atoms with van der Waals surface area (Å²) in [5.74, 6) is 0.0878. The van der Waals surface area contributed by atoms with Crippen molar-refractivity contribution in [1.82, 2.24) is 4.72 Å². The number of ether oxygens (including phenoxy) is 1. The first-order valence-corrected chi connectivity index (χ1v) is 9.26. The second-order valence-electron chi connectivity index (χ2n) is 4.88. The lowest BCUT2D eigenvalue weighted by Crippen LogP contribution is -2.25. The third-order valence-corrected chi connectivity index (χ3v) is 5.97. The zero-order chi connectivity index (χ0) is 17.0. The number of benzene rings is 2. The van der Waals surface area contributed by atoms with E-state index in [1.54, 1.807) is 31.4 Å². The lowest BCUT2D eigenvalue weighted by atomic mass is 10.2. The quantitative estimate of drug-likeness (QED) is 0.803. The Kier molecular flexibility index (Phi) is 5.78. The molecule has 1 N–H and O–H groups in total. The molecular formula is C16H17BrFNO3S. The summed E-state index contributed by atoms with van der Waals surface area (Å²) in [4.78, 5) is -0.0477. The minimum absolute atomic E-state index is 0.0425. The molecule has 0 aliphatic rings. The van der Waals surface area contributed by atoms with E-state index in [9.17, 15) is 12.8 Å². The van der Waals surface area contributed by atoms with Gasteiger partial charge in [-0.3, -0.25) is 0 Å². The van der Waals surface area contributed by atoms with Gasteiger partial charge in [0, 0.05) is 6.54 Å². The molecule has 0 fully saturated rings. The average Bonchev–Trinajstić information content (AvgIpc) is 2.55. The lowest BCUT2D eigenvalue weighted by Gasteiger charge is -2.13. The highest BCUT2D eigenvalue weighted by atomic mass is 79.9. The van der Waals surface area contributed by atoms with E-state index in [2.05, 4.69) is 20.7 Å². The van der Waals surface area contributed by atoms with Gasteiger partial charge in [0.25, 0.3) is 0 Å². The fourth-order valence-electron chi connectivity index (χ4n) is 2.13. The van der Waals surface area contributed by atoms with Crippen molar-refractivity contribution in [3.8, 4) is 5.75 Å². The van der Waals surface area contributed by atoms with Crippen molar-refractivity contribution in [2.45, 2.75) is 24.8 Å². The van der Waals surface area contributed by atoms with Crippen molar-refractivity contribution in [2.75, 3.05) is 7.11 Å². The standard InChI is InChI=1S/C16H17BrFNO3S/c1-3-12-6-9-14(18)15(17)16(12)23(20,21)19-10-11-4-7-13(22-2)8-5-11/h4-9,19H,3,10H2,1-2H3. The topological polar surface area (TPSA) is 55.4 Å². The summed E-state index contributed by atoms with van der Waals surface area (Å²) in [6.07, 6.45) is 0.484. The molecule has 0 saturated carbocycles. The summed E-state index contributed by atoms with van der Waals surface area (Å²) >= 11 is 3.04. The molecule has 0 atom stereocenters. The summed E-state index contributed by atoms with van der Waals surface area (Å²) in [7, 11) is -2.28. The zero-order valence-corrected chi connectivity index (χ0v) is 15.2. The highest BCUT2D eigenvalue weighted by Gasteiger charge is 2.23. The molecule has 0 unspecified atom stereocenters. The normalized spacial score (nSPS) is 11.5. The maximum atomic E-state index is 13.7. The van der Waals surface area contributed by atoms with Crippen LogP contribution in [0.1, 0.15) is 18.1 Å². The lowest BCUT2D eigenvalue weighted by molar-refractivity contribution is 0.414. The second kappa shape index (κ2) is 7.42. The molecule has 0 aliphatic carbocycles. The second-order valence-corrected chi connectivity index (χ2v) is 7.37. The Morgan fingerprint density at radius 2 is 1.83 bits per heavy atom. The SMILES string of the molecule is CCc1ccc(F)c(Br)c1S(=O)(=O)NCc1ccc(OC)cc1. The van der Waals surface area contributed by atoms with Gasteiger partial charge in [0.05, 0.1) is 11.6 Å². The molecule has 2 aromatic carbocycles. The fourth-order valence-corrected chi connectivity index (χ4v) is 4.55. The molecule has 124 valence electrons. The van der Waals surface area contributed by atoms with Crippen molar-refractivity contribution >= 4 is 26.0 Å². The minimum Gasteiger partial charge on any atom is -0.497 e. The molecule has 0 aliphatic heterocycles. The average molecular weight is 402 g/mol. The highest BCUT2D eigenvalue weighted by Crippen LogP contribution is 2.29. The van der Waals surface area contributed by atoms with E-state index in [4.69, 9.17) is 4.74 Å². The van der Waals surface area contributed by atoms with Crippen LogP contribution in [0.2, 0.25) is 0 Å². The summed E-state index contributed by atoms with van der Waals surface area (Å²) < 4.78 is 46.3. The van der Waals surface area contributed by atoms with E-state index in [0.717, 1.165) is 5.56 Å². The fraction of sp³-hybridized carbons (Fsp3) is 0.250. The van der Waals surface area contributed by atoms with Crippen LogP contribution in [0.5, 0.6) is 5.75 Å². The van der Waals surface area contributed by atoms with Crippen LogP contribution < -0.4 is 9.46 Å². The number of methoxy groups -OCH3 is 1. The first kappa shape index (κ1) is 17.9. The summed E-state index contributed by atoms with van der Waals surface area (Å²) in [5.41, 5.74) is 1.33. The van der Waals surface area contributed by atoms with Gasteiger partial charge in [-0.1, -0.05) is 25.1 Å². The van der Waals surface area contributed by atoms with E-state index < -0.39 is 15.8 Å². The molecular weight excluding hydrogens is 385 g/mol. The van der Waals surface area contributed by atoms with Crippen LogP contribution in [0.4, 0.5) is 4.39 Å². The maximum Gasteiger partial charge on any atom is 0.242 e. The zero-order valence-electron chi connectivity index (χ0n) is 12.8. The number of aryl methyl sites for hydroxylation is 1. The van der Waals surface area contributed by atoms with Gasteiger partial charge in [-0.2, -0.15) is 0 Å². The van der Waals surface area contributed by atoms with Crippen LogP contribution in [0.3, 0.4) is 0 Å². The first-order chi connectivity index (χ1) is 10.9. The number of hydrogen-bond acceptors (Lipinski definition) is 3. The molecule has 0 bridgehead atoms. The Hall–Kier alpha value is -1.44. The number of sulfonamides is 1. The van der Waals surface area contributed by atoms with E-state index in [-0.39, 0.29) is 15.9 Å². The molecule has 0 radical (unpaired) electrons. The van der Waals surface area contributed by atoms with Gasteiger partial charge < -0.3 is 4.74 Å². The molecule has 2 rings (SSSR count). The van der Waals surface area contributed by atoms with Crippen molar-refractivity contribution in [1.29, 1.82) is 0 Å². The van der Waals surface area contributed by atoms with Gasteiger partial charge >= 0.3 is 0 Å². The van der Waals surface area contributed by atoms with Crippen molar-refractivity contribution in [2.24, 2.45) is 0 Å². The third kappa shape index (κ3) is 4.10. The summed E-state index contributed by atoms with van der Waals surface area (Å²) in [5, 5.41) is 0. The van der Waals surface area contributed by atoms with Crippen LogP contribution in [0.15, 0.2) is 45.8 Å². The van der Waals surface area contributed by atoms with Gasteiger partial charge in [-0.15, -0.1) is 0 Å². The molecule has 0 heterocycles. The molecule has 7 heteroatoms. The van der Waals surface area contributed by atoms with Crippen LogP contribution in [-0.2, 0) is 23.0 Å². The maximum absolute atomic E-state index is 13.7. The number of rotatable bonds is 6. The van der Waals surface area contributed by atoms with Gasteiger partial charge in [-0.25, -0.2) is 17.5 Å². The van der Waals surface area contributed by atoms with Gasteiger partial charge in [-0.05, 0) is 51.7 Å².